The summed E-state index contributed by atoms with van der Waals surface area (Å²) in [6, 6.07) is 6.60. The molecule has 1 aliphatic heterocycles. The molecule has 1 aromatic carbocycles. The first-order valence-corrected chi connectivity index (χ1v) is 6.28. The topological polar surface area (TPSA) is 41.1 Å². The average Bonchev–Trinajstić information content (AvgIpc) is 2.82. The summed E-state index contributed by atoms with van der Waals surface area (Å²) < 4.78 is 13.8. The van der Waals surface area contributed by atoms with Crippen molar-refractivity contribution >= 4 is 18.3 Å². The van der Waals surface area contributed by atoms with Crippen LogP contribution in [0.3, 0.4) is 0 Å². The predicted molar refractivity (Wildman–Crippen MR) is 76.1 cm³/mol. The third-order valence-corrected chi connectivity index (χ3v) is 3.51. The number of rotatable bonds is 3. The number of carbonyl (C=O) groups is 1. The minimum atomic E-state index is -0.853. The van der Waals surface area contributed by atoms with Crippen LogP contribution >= 0.6 is 12.4 Å². The largest absolute Gasteiger partial charge is 0.351 e. The normalized spacial score (nSPS) is 18.8. The Morgan fingerprint density at radius 1 is 1.42 bits per heavy atom. The summed E-state index contributed by atoms with van der Waals surface area (Å²) in [5, 5.41) is 6.17. The molecule has 1 fully saturated rings. The van der Waals surface area contributed by atoms with Crippen LogP contribution in [0.1, 0.15) is 25.8 Å². The van der Waals surface area contributed by atoms with Crippen LogP contribution in [0.15, 0.2) is 24.3 Å². The van der Waals surface area contributed by atoms with E-state index in [9.17, 15) is 9.18 Å². The van der Waals surface area contributed by atoms with Crippen LogP contribution < -0.4 is 10.6 Å². The van der Waals surface area contributed by atoms with Crippen molar-refractivity contribution in [2.24, 2.45) is 0 Å². The smallest absolute Gasteiger partial charge is 0.230 e. The molecule has 2 rings (SSSR count). The van der Waals surface area contributed by atoms with Crippen LogP contribution in [0.25, 0.3) is 0 Å². The minimum Gasteiger partial charge on any atom is -0.351 e. The van der Waals surface area contributed by atoms with E-state index in [-0.39, 0.29) is 30.2 Å². The van der Waals surface area contributed by atoms with E-state index in [0.717, 1.165) is 19.5 Å². The molecule has 1 atom stereocenters. The van der Waals surface area contributed by atoms with E-state index < -0.39 is 5.41 Å². The fraction of sp³-hybridized carbons (Fsp3) is 0.500. The number of hydrogen-bond donors (Lipinski definition) is 2. The molecule has 1 unspecified atom stereocenters. The van der Waals surface area contributed by atoms with Gasteiger partial charge in [0.1, 0.15) is 5.82 Å². The SMILES string of the molecule is CC(C)(C(=O)NC1CCNC1)c1ccccc1F.Cl. The van der Waals surface area contributed by atoms with Gasteiger partial charge in [0.05, 0.1) is 5.41 Å². The Morgan fingerprint density at radius 2 is 2.11 bits per heavy atom. The number of benzene rings is 1. The van der Waals surface area contributed by atoms with Crippen LogP contribution in [0.2, 0.25) is 0 Å². The summed E-state index contributed by atoms with van der Waals surface area (Å²) in [7, 11) is 0. The van der Waals surface area contributed by atoms with Crippen LogP contribution in [0.5, 0.6) is 0 Å². The molecule has 1 saturated heterocycles. The van der Waals surface area contributed by atoms with Crippen molar-refractivity contribution in [2.75, 3.05) is 13.1 Å². The molecule has 1 aromatic rings. The van der Waals surface area contributed by atoms with Crippen molar-refractivity contribution in [1.29, 1.82) is 0 Å². The number of halogens is 2. The summed E-state index contributed by atoms with van der Waals surface area (Å²) in [4.78, 5) is 12.3. The maximum atomic E-state index is 13.8. The van der Waals surface area contributed by atoms with Crippen molar-refractivity contribution in [2.45, 2.75) is 31.7 Å². The Balaban J connectivity index is 0.00000180. The average molecular weight is 287 g/mol. The second-order valence-electron chi connectivity index (χ2n) is 5.27. The van der Waals surface area contributed by atoms with Gasteiger partial charge in [-0.25, -0.2) is 4.39 Å². The van der Waals surface area contributed by atoms with Crippen molar-refractivity contribution in [1.82, 2.24) is 10.6 Å². The van der Waals surface area contributed by atoms with Gasteiger partial charge in [-0.2, -0.15) is 0 Å². The fourth-order valence-corrected chi connectivity index (χ4v) is 2.23. The second-order valence-corrected chi connectivity index (χ2v) is 5.27. The lowest BCUT2D eigenvalue weighted by molar-refractivity contribution is -0.126. The van der Waals surface area contributed by atoms with Crippen LogP contribution in [0, 0.1) is 5.82 Å². The van der Waals surface area contributed by atoms with Crippen LogP contribution in [-0.4, -0.2) is 25.0 Å². The van der Waals surface area contributed by atoms with Gasteiger partial charge in [0, 0.05) is 18.2 Å². The monoisotopic (exact) mass is 286 g/mol. The van der Waals surface area contributed by atoms with E-state index in [2.05, 4.69) is 10.6 Å². The highest BCUT2D eigenvalue weighted by Gasteiger charge is 2.33. The zero-order valence-corrected chi connectivity index (χ0v) is 12.0. The quantitative estimate of drug-likeness (QED) is 0.892. The summed E-state index contributed by atoms with van der Waals surface area (Å²) in [6.45, 7) is 5.22. The first-order valence-electron chi connectivity index (χ1n) is 6.28. The Labute approximate surface area is 119 Å². The van der Waals surface area contributed by atoms with Crippen LogP contribution in [-0.2, 0) is 10.2 Å². The minimum absolute atomic E-state index is 0. The van der Waals surface area contributed by atoms with Gasteiger partial charge >= 0.3 is 0 Å². The predicted octanol–water partition coefficient (Wildman–Crippen LogP) is 2.00. The summed E-state index contributed by atoms with van der Waals surface area (Å²) in [6.07, 6.45) is 0.930. The maximum Gasteiger partial charge on any atom is 0.230 e. The highest BCUT2D eigenvalue weighted by Crippen LogP contribution is 2.26. The number of nitrogens with one attached hydrogen (secondary N) is 2. The van der Waals surface area contributed by atoms with Crippen molar-refractivity contribution in [3.8, 4) is 0 Å². The van der Waals surface area contributed by atoms with Gasteiger partial charge in [-0.05, 0) is 32.9 Å². The molecule has 0 radical (unpaired) electrons. The van der Waals surface area contributed by atoms with Crippen molar-refractivity contribution in [3.05, 3.63) is 35.6 Å². The molecular formula is C14H20ClFN2O. The van der Waals surface area contributed by atoms with Crippen molar-refractivity contribution < 1.29 is 9.18 Å². The molecule has 2 N–H and O–H groups in total. The summed E-state index contributed by atoms with van der Waals surface area (Å²) >= 11 is 0. The van der Waals surface area contributed by atoms with Gasteiger partial charge in [-0.1, -0.05) is 18.2 Å². The zero-order chi connectivity index (χ0) is 13.2. The molecule has 1 amide bonds. The molecule has 0 aromatic heterocycles. The molecule has 3 nitrogen and oxygen atoms in total. The molecule has 0 saturated carbocycles. The van der Waals surface area contributed by atoms with E-state index in [1.165, 1.54) is 6.07 Å². The van der Waals surface area contributed by atoms with E-state index in [1.807, 2.05) is 0 Å². The maximum absolute atomic E-state index is 13.8. The molecule has 19 heavy (non-hydrogen) atoms. The lowest BCUT2D eigenvalue weighted by atomic mass is 9.83. The first kappa shape index (κ1) is 15.9. The van der Waals surface area contributed by atoms with Gasteiger partial charge in [0.15, 0.2) is 0 Å². The molecular weight excluding hydrogens is 267 g/mol. The lowest BCUT2D eigenvalue weighted by Crippen LogP contribution is -2.46. The third kappa shape index (κ3) is 3.45. The molecule has 106 valence electrons. The van der Waals surface area contributed by atoms with E-state index in [4.69, 9.17) is 0 Å². The fourth-order valence-electron chi connectivity index (χ4n) is 2.23. The summed E-state index contributed by atoms with van der Waals surface area (Å²) in [5.74, 6) is -0.455. The van der Waals surface area contributed by atoms with Gasteiger partial charge in [-0.15, -0.1) is 12.4 Å². The van der Waals surface area contributed by atoms with E-state index in [0.29, 0.717) is 5.56 Å². The number of carbonyl (C=O) groups excluding carboxylic acids is 1. The molecule has 0 aliphatic carbocycles. The van der Waals surface area contributed by atoms with Gasteiger partial charge in [-0.3, -0.25) is 4.79 Å². The number of hydrogen-bond acceptors (Lipinski definition) is 2. The highest BCUT2D eigenvalue weighted by atomic mass is 35.5. The highest BCUT2D eigenvalue weighted by molar-refractivity contribution is 5.87. The zero-order valence-electron chi connectivity index (χ0n) is 11.2. The van der Waals surface area contributed by atoms with Gasteiger partial charge in [0.25, 0.3) is 0 Å². The van der Waals surface area contributed by atoms with E-state index in [1.54, 1.807) is 32.0 Å². The summed E-state index contributed by atoms with van der Waals surface area (Å²) in [5.41, 5.74) is -0.415. The van der Waals surface area contributed by atoms with E-state index >= 15 is 0 Å². The first-order chi connectivity index (χ1) is 8.51. The Bertz CT molecular complexity index is 445. The standard InChI is InChI=1S/C14H19FN2O.ClH/c1-14(2,11-5-3-4-6-12(11)15)13(18)17-10-7-8-16-9-10;/h3-6,10,16H,7-9H2,1-2H3,(H,17,18);1H. The molecule has 1 aliphatic rings. The molecule has 0 bridgehead atoms. The number of amides is 1. The van der Waals surface area contributed by atoms with Gasteiger partial charge in [0.2, 0.25) is 5.91 Å². The molecule has 5 heteroatoms. The Hall–Kier alpha value is -1.13. The molecule has 1 heterocycles. The Kier molecular flexibility index (Phi) is 5.32. The van der Waals surface area contributed by atoms with Crippen LogP contribution in [0.4, 0.5) is 4.39 Å². The lowest BCUT2D eigenvalue weighted by Gasteiger charge is -2.26. The second kappa shape index (κ2) is 6.35. The third-order valence-electron chi connectivity index (χ3n) is 3.51. The van der Waals surface area contributed by atoms with Crippen molar-refractivity contribution in [3.63, 3.8) is 0 Å². The molecule has 0 spiro atoms. The Morgan fingerprint density at radius 3 is 2.68 bits per heavy atom. The van der Waals surface area contributed by atoms with Gasteiger partial charge < -0.3 is 10.6 Å².